The Morgan fingerprint density at radius 1 is 1.00 bits per heavy atom. The van der Waals surface area contributed by atoms with E-state index < -0.39 is 12.0 Å². The second kappa shape index (κ2) is 10.4. The minimum absolute atomic E-state index is 0.229. The predicted molar refractivity (Wildman–Crippen MR) is 112 cm³/mol. The summed E-state index contributed by atoms with van der Waals surface area (Å²) < 4.78 is 24.5. The van der Waals surface area contributed by atoms with E-state index in [1.165, 1.54) is 12.1 Å². The first kappa shape index (κ1) is 21.3. The summed E-state index contributed by atoms with van der Waals surface area (Å²) in [6.07, 6.45) is 0.622. The molecule has 30 heavy (non-hydrogen) atoms. The van der Waals surface area contributed by atoms with Gasteiger partial charge in [0.2, 0.25) is 0 Å². The van der Waals surface area contributed by atoms with Gasteiger partial charge in [-0.25, -0.2) is 4.39 Å². The molecule has 6 heteroatoms. The van der Waals surface area contributed by atoms with Gasteiger partial charge in [0.1, 0.15) is 18.5 Å². The lowest BCUT2D eigenvalue weighted by Crippen LogP contribution is -2.30. The molecule has 0 aliphatic rings. The summed E-state index contributed by atoms with van der Waals surface area (Å²) in [6, 6.07) is 20.1. The molecule has 3 rings (SSSR count). The first-order valence-corrected chi connectivity index (χ1v) is 9.62. The van der Waals surface area contributed by atoms with Gasteiger partial charge in [-0.3, -0.25) is 4.79 Å². The molecule has 0 aliphatic heterocycles. The lowest BCUT2D eigenvalue weighted by molar-refractivity contribution is -0.139. The van der Waals surface area contributed by atoms with E-state index in [0.29, 0.717) is 30.0 Å². The number of halogens is 1. The fourth-order valence-electron chi connectivity index (χ4n) is 3.13. The zero-order valence-electron chi connectivity index (χ0n) is 16.7. The topological polar surface area (TPSA) is 67.8 Å². The maximum Gasteiger partial charge on any atom is 0.325 e. The van der Waals surface area contributed by atoms with E-state index in [0.717, 1.165) is 11.1 Å². The van der Waals surface area contributed by atoms with Crippen LogP contribution in [0.25, 0.3) is 0 Å². The Kier molecular flexibility index (Phi) is 7.40. The Labute approximate surface area is 175 Å². The number of ether oxygens (including phenoxy) is 2. The smallest absolute Gasteiger partial charge is 0.325 e. The highest BCUT2D eigenvalue weighted by Gasteiger charge is 2.18. The van der Waals surface area contributed by atoms with Crippen LogP contribution in [-0.2, 0) is 17.8 Å². The monoisotopic (exact) mass is 409 g/mol. The van der Waals surface area contributed by atoms with Crippen molar-refractivity contribution in [3.05, 3.63) is 95.3 Å². The predicted octanol–water partition coefficient (Wildman–Crippen LogP) is 4.37. The van der Waals surface area contributed by atoms with E-state index >= 15 is 0 Å². The fraction of sp³-hybridized carbons (Fsp3) is 0.208. The van der Waals surface area contributed by atoms with Crippen molar-refractivity contribution in [3.63, 3.8) is 0 Å². The van der Waals surface area contributed by atoms with Gasteiger partial charge >= 0.3 is 5.97 Å². The zero-order chi connectivity index (χ0) is 21.3. The molecule has 3 aromatic carbocycles. The molecule has 0 saturated carbocycles. The van der Waals surface area contributed by atoms with E-state index in [9.17, 15) is 14.3 Å². The molecule has 3 aromatic rings. The zero-order valence-corrected chi connectivity index (χ0v) is 16.7. The largest absolute Gasteiger partial charge is 0.493 e. The highest BCUT2D eigenvalue weighted by molar-refractivity contribution is 5.75. The molecular weight excluding hydrogens is 385 g/mol. The Hall–Kier alpha value is -3.38. The second-order valence-electron chi connectivity index (χ2n) is 6.79. The first-order valence-electron chi connectivity index (χ1n) is 9.62. The van der Waals surface area contributed by atoms with Crippen LogP contribution in [0.1, 0.15) is 22.7 Å². The van der Waals surface area contributed by atoms with E-state index in [1.54, 1.807) is 37.4 Å². The Morgan fingerprint density at radius 3 is 2.50 bits per heavy atom. The molecular formula is C24H24FNO4. The average Bonchev–Trinajstić information content (AvgIpc) is 2.76. The van der Waals surface area contributed by atoms with Crippen LogP contribution in [0.15, 0.2) is 72.8 Å². The molecule has 0 bridgehead atoms. The van der Waals surface area contributed by atoms with E-state index in [2.05, 4.69) is 5.32 Å². The molecule has 0 amide bonds. The van der Waals surface area contributed by atoms with E-state index in [-0.39, 0.29) is 12.4 Å². The van der Waals surface area contributed by atoms with Crippen LogP contribution in [0.3, 0.4) is 0 Å². The number of benzene rings is 3. The number of carboxylic acids is 1. The molecule has 0 aliphatic carbocycles. The van der Waals surface area contributed by atoms with Crippen molar-refractivity contribution in [2.75, 3.05) is 13.7 Å². The first-order chi connectivity index (χ1) is 14.6. The molecule has 1 unspecified atom stereocenters. The molecule has 0 radical (unpaired) electrons. The summed E-state index contributed by atoms with van der Waals surface area (Å²) in [4.78, 5) is 11.6. The maximum atomic E-state index is 13.3. The number of hydrogen-bond acceptors (Lipinski definition) is 4. The maximum absolute atomic E-state index is 13.3. The molecule has 0 heterocycles. The van der Waals surface area contributed by atoms with Crippen LogP contribution in [-0.4, -0.2) is 24.7 Å². The molecule has 0 saturated heterocycles. The Bertz CT molecular complexity index is 978. The van der Waals surface area contributed by atoms with E-state index in [4.69, 9.17) is 9.47 Å². The summed E-state index contributed by atoms with van der Waals surface area (Å²) >= 11 is 0. The highest BCUT2D eigenvalue weighted by atomic mass is 19.1. The van der Waals surface area contributed by atoms with Gasteiger partial charge in [-0.05, 0) is 47.4 Å². The van der Waals surface area contributed by atoms with Gasteiger partial charge in [-0.2, -0.15) is 0 Å². The van der Waals surface area contributed by atoms with Crippen molar-refractivity contribution in [3.8, 4) is 11.5 Å². The van der Waals surface area contributed by atoms with Crippen LogP contribution in [0, 0.1) is 5.82 Å². The number of nitrogens with one attached hydrogen (secondary N) is 1. The fourth-order valence-corrected chi connectivity index (χ4v) is 3.13. The molecule has 0 aromatic heterocycles. The lowest BCUT2D eigenvalue weighted by atomic mass is 10.1. The van der Waals surface area contributed by atoms with Crippen molar-refractivity contribution in [1.29, 1.82) is 0 Å². The number of rotatable bonds is 10. The lowest BCUT2D eigenvalue weighted by Gasteiger charge is -2.16. The van der Waals surface area contributed by atoms with Crippen molar-refractivity contribution >= 4 is 5.97 Å². The minimum atomic E-state index is -0.917. The van der Waals surface area contributed by atoms with Crippen LogP contribution in [0.5, 0.6) is 11.5 Å². The SMILES string of the molecule is COc1cc(CCNC(C(=O)O)c2ccccc2)ccc1OCc1cccc(F)c1. The Morgan fingerprint density at radius 2 is 1.80 bits per heavy atom. The van der Waals surface area contributed by atoms with Crippen molar-refractivity contribution in [1.82, 2.24) is 5.32 Å². The second-order valence-corrected chi connectivity index (χ2v) is 6.79. The van der Waals surface area contributed by atoms with Crippen LogP contribution < -0.4 is 14.8 Å². The quantitative estimate of drug-likeness (QED) is 0.520. The van der Waals surface area contributed by atoms with Gasteiger partial charge in [0.15, 0.2) is 11.5 Å². The normalized spacial score (nSPS) is 11.7. The number of hydrogen-bond donors (Lipinski definition) is 2. The van der Waals surface area contributed by atoms with Gasteiger partial charge in [0.25, 0.3) is 0 Å². The minimum Gasteiger partial charge on any atom is -0.493 e. The summed E-state index contributed by atoms with van der Waals surface area (Å²) in [6.45, 7) is 0.713. The summed E-state index contributed by atoms with van der Waals surface area (Å²) in [7, 11) is 1.56. The third kappa shape index (κ3) is 5.81. The van der Waals surface area contributed by atoms with Crippen molar-refractivity contribution in [2.24, 2.45) is 0 Å². The number of methoxy groups -OCH3 is 1. The molecule has 2 N–H and O–H groups in total. The highest BCUT2D eigenvalue weighted by Crippen LogP contribution is 2.29. The van der Waals surface area contributed by atoms with Crippen molar-refractivity contribution < 1.29 is 23.8 Å². The average molecular weight is 409 g/mol. The van der Waals surface area contributed by atoms with Gasteiger partial charge in [-0.15, -0.1) is 0 Å². The van der Waals surface area contributed by atoms with E-state index in [1.807, 2.05) is 30.3 Å². The van der Waals surface area contributed by atoms with Gasteiger partial charge in [-0.1, -0.05) is 48.5 Å². The molecule has 1 atom stereocenters. The Balaban J connectivity index is 1.59. The van der Waals surface area contributed by atoms with Gasteiger partial charge in [0.05, 0.1) is 7.11 Å². The number of carbonyl (C=O) groups is 1. The summed E-state index contributed by atoms with van der Waals surface area (Å²) in [5.41, 5.74) is 2.42. The van der Waals surface area contributed by atoms with Crippen LogP contribution >= 0.6 is 0 Å². The van der Waals surface area contributed by atoms with Gasteiger partial charge < -0.3 is 19.9 Å². The summed E-state index contributed by atoms with van der Waals surface area (Å²) in [5.74, 6) is -0.0890. The number of carboxylic acid groups (broad SMARTS) is 1. The molecule has 0 fully saturated rings. The third-order valence-electron chi connectivity index (χ3n) is 4.65. The van der Waals surface area contributed by atoms with Crippen LogP contribution in [0.2, 0.25) is 0 Å². The van der Waals surface area contributed by atoms with Crippen LogP contribution in [0.4, 0.5) is 4.39 Å². The number of aliphatic carboxylic acids is 1. The molecule has 0 spiro atoms. The standard InChI is InChI=1S/C24H24FNO4/c1-29-22-15-17(10-11-21(22)30-16-18-6-5-9-20(25)14-18)12-13-26-23(24(27)28)19-7-3-2-4-8-19/h2-11,14-15,23,26H,12-13,16H2,1H3,(H,27,28). The molecule has 156 valence electrons. The van der Waals surface area contributed by atoms with Gasteiger partial charge in [0, 0.05) is 6.54 Å². The molecule has 5 nitrogen and oxygen atoms in total. The third-order valence-corrected chi connectivity index (χ3v) is 4.65. The summed E-state index contributed by atoms with van der Waals surface area (Å²) in [5, 5.41) is 12.6. The van der Waals surface area contributed by atoms with Crippen molar-refractivity contribution in [2.45, 2.75) is 19.1 Å².